The van der Waals surface area contributed by atoms with Crippen molar-refractivity contribution in [3.05, 3.63) is 32.3 Å². The molecular formula is C11H15N3O3S. The Labute approximate surface area is 109 Å². The van der Waals surface area contributed by atoms with Crippen LogP contribution >= 0.6 is 11.3 Å². The smallest absolute Gasteiger partial charge is 0.348 e. The van der Waals surface area contributed by atoms with E-state index >= 15 is 0 Å². The molecule has 0 fully saturated rings. The number of aryl methyl sites for hydroxylation is 1. The van der Waals surface area contributed by atoms with Crippen LogP contribution in [0.3, 0.4) is 0 Å². The van der Waals surface area contributed by atoms with Gasteiger partial charge >= 0.3 is 5.97 Å². The zero-order valence-electron chi connectivity index (χ0n) is 10.1. The molecule has 0 aliphatic rings. The summed E-state index contributed by atoms with van der Waals surface area (Å²) < 4.78 is 4.89. The summed E-state index contributed by atoms with van der Waals surface area (Å²) in [6.07, 6.45) is 0.502. The van der Waals surface area contributed by atoms with Crippen LogP contribution in [0.4, 0.5) is 0 Å². The Morgan fingerprint density at radius 1 is 1.67 bits per heavy atom. The molecule has 1 aromatic rings. The van der Waals surface area contributed by atoms with E-state index < -0.39 is 6.10 Å². The van der Waals surface area contributed by atoms with Crippen molar-refractivity contribution in [1.29, 1.82) is 0 Å². The summed E-state index contributed by atoms with van der Waals surface area (Å²) in [6.45, 7) is 2.20. The number of hydrogen-bond donors (Lipinski definition) is 1. The van der Waals surface area contributed by atoms with E-state index in [-0.39, 0.29) is 12.5 Å². The zero-order valence-corrected chi connectivity index (χ0v) is 10.9. The maximum absolute atomic E-state index is 11.4. The highest BCUT2D eigenvalue weighted by molar-refractivity contribution is 7.13. The van der Waals surface area contributed by atoms with Crippen LogP contribution in [0.5, 0.6) is 0 Å². The number of aliphatic hydroxyl groups excluding tert-OH is 1. The molecule has 1 N–H and O–H groups in total. The van der Waals surface area contributed by atoms with Crippen LogP contribution < -0.4 is 0 Å². The largest absolute Gasteiger partial charge is 0.462 e. The summed E-state index contributed by atoms with van der Waals surface area (Å²) in [5, 5.41) is 12.8. The molecule has 0 bridgehead atoms. The van der Waals surface area contributed by atoms with Crippen molar-refractivity contribution in [3.63, 3.8) is 0 Å². The Kier molecular flexibility index (Phi) is 6.21. The fourth-order valence-electron chi connectivity index (χ4n) is 1.36. The SMILES string of the molecule is CCOC(=O)c1ccc(CC[C@@H](O)CN=[N+]=[N-])s1. The van der Waals surface area contributed by atoms with E-state index in [1.807, 2.05) is 6.07 Å². The standard InChI is InChI=1S/C11H15N3O3S/c1-2-17-11(16)10-6-5-9(18-10)4-3-8(15)7-13-14-12/h5-6,8,15H,2-4,7H2,1H3/t8-/m1/s1. The molecule has 98 valence electrons. The van der Waals surface area contributed by atoms with Crippen LogP contribution in [0, 0.1) is 0 Å². The van der Waals surface area contributed by atoms with Gasteiger partial charge in [-0.1, -0.05) is 5.11 Å². The number of thiophene rings is 1. The molecule has 1 atom stereocenters. The van der Waals surface area contributed by atoms with Gasteiger partial charge in [-0.3, -0.25) is 0 Å². The van der Waals surface area contributed by atoms with E-state index in [1.54, 1.807) is 13.0 Å². The number of rotatable bonds is 7. The maximum Gasteiger partial charge on any atom is 0.348 e. The predicted octanol–water partition coefficient (Wildman–Crippen LogP) is 2.53. The average molecular weight is 269 g/mol. The Balaban J connectivity index is 2.44. The van der Waals surface area contributed by atoms with Crippen LogP contribution in [-0.2, 0) is 11.2 Å². The molecule has 7 heteroatoms. The Hall–Kier alpha value is -1.56. The fourth-order valence-corrected chi connectivity index (χ4v) is 2.27. The zero-order chi connectivity index (χ0) is 13.4. The molecule has 1 rings (SSSR count). The lowest BCUT2D eigenvalue weighted by molar-refractivity contribution is 0.0532. The Morgan fingerprint density at radius 3 is 3.11 bits per heavy atom. The van der Waals surface area contributed by atoms with Crippen molar-refractivity contribution in [1.82, 2.24) is 0 Å². The monoisotopic (exact) mass is 269 g/mol. The average Bonchev–Trinajstić information content (AvgIpc) is 2.83. The second-order valence-electron chi connectivity index (χ2n) is 3.59. The number of azide groups is 1. The van der Waals surface area contributed by atoms with Crippen LogP contribution in [0.25, 0.3) is 10.4 Å². The van der Waals surface area contributed by atoms with Gasteiger partial charge in [-0.25, -0.2) is 4.79 Å². The van der Waals surface area contributed by atoms with Gasteiger partial charge in [-0.15, -0.1) is 11.3 Å². The number of ether oxygens (including phenoxy) is 1. The van der Waals surface area contributed by atoms with Crippen LogP contribution in [0.15, 0.2) is 17.2 Å². The second kappa shape index (κ2) is 7.71. The highest BCUT2D eigenvalue weighted by Crippen LogP contribution is 2.19. The fraction of sp³-hybridized carbons (Fsp3) is 0.545. The third-order valence-corrected chi connectivity index (χ3v) is 3.34. The number of carbonyl (C=O) groups is 1. The number of carbonyl (C=O) groups excluding carboxylic acids is 1. The van der Waals surface area contributed by atoms with Crippen molar-refractivity contribution in [2.45, 2.75) is 25.9 Å². The summed E-state index contributed by atoms with van der Waals surface area (Å²) in [6, 6.07) is 3.56. The molecule has 18 heavy (non-hydrogen) atoms. The number of esters is 1. The van der Waals surface area contributed by atoms with Crippen LogP contribution in [-0.4, -0.2) is 30.3 Å². The van der Waals surface area contributed by atoms with Gasteiger partial charge in [0.05, 0.1) is 19.3 Å². The molecule has 0 amide bonds. The van der Waals surface area contributed by atoms with Gasteiger partial charge in [0.1, 0.15) is 4.88 Å². The summed E-state index contributed by atoms with van der Waals surface area (Å²) in [4.78, 5) is 15.6. The van der Waals surface area contributed by atoms with E-state index in [0.29, 0.717) is 24.3 Å². The van der Waals surface area contributed by atoms with Crippen LogP contribution in [0.2, 0.25) is 0 Å². The lowest BCUT2D eigenvalue weighted by atomic mass is 10.2. The first kappa shape index (κ1) is 14.5. The Bertz CT molecular complexity index is 440. The molecule has 0 unspecified atom stereocenters. The van der Waals surface area contributed by atoms with Crippen molar-refractivity contribution in [2.24, 2.45) is 5.11 Å². The summed E-state index contributed by atoms with van der Waals surface area (Å²) in [7, 11) is 0. The van der Waals surface area contributed by atoms with E-state index in [9.17, 15) is 9.90 Å². The maximum atomic E-state index is 11.4. The molecule has 0 radical (unpaired) electrons. The van der Waals surface area contributed by atoms with Crippen molar-refractivity contribution < 1.29 is 14.6 Å². The van der Waals surface area contributed by atoms with Crippen molar-refractivity contribution >= 4 is 17.3 Å². The molecule has 0 aromatic carbocycles. The lowest BCUT2D eigenvalue weighted by Crippen LogP contribution is -2.10. The summed E-state index contributed by atoms with van der Waals surface area (Å²) in [5.74, 6) is -0.316. The first-order valence-electron chi connectivity index (χ1n) is 5.62. The quantitative estimate of drug-likeness (QED) is 0.356. The van der Waals surface area contributed by atoms with E-state index in [0.717, 1.165) is 4.88 Å². The van der Waals surface area contributed by atoms with Gasteiger partial charge in [-0.05, 0) is 37.4 Å². The van der Waals surface area contributed by atoms with Gasteiger partial charge < -0.3 is 9.84 Å². The van der Waals surface area contributed by atoms with Gasteiger partial charge in [0.2, 0.25) is 0 Å². The molecule has 0 aliphatic heterocycles. The molecule has 0 saturated carbocycles. The molecule has 1 heterocycles. The first-order chi connectivity index (χ1) is 8.67. The topological polar surface area (TPSA) is 95.3 Å². The molecule has 6 nitrogen and oxygen atoms in total. The molecule has 0 saturated heterocycles. The minimum atomic E-state index is -0.644. The van der Waals surface area contributed by atoms with Crippen molar-refractivity contribution in [3.8, 4) is 0 Å². The molecule has 0 aliphatic carbocycles. The molecule has 1 aromatic heterocycles. The summed E-state index contributed by atoms with van der Waals surface area (Å²) in [5.41, 5.74) is 8.11. The van der Waals surface area contributed by atoms with E-state index in [4.69, 9.17) is 10.3 Å². The predicted molar refractivity (Wildman–Crippen MR) is 68.6 cm³/mol. The van der Waals surface area contributed by atoms with Gasteiger partial charge in [0, 0.05) is 9.79 Å². The molecular weight excluding hydrogens is 254 g/mol. The van der Waals surface area contributed by atoms with Gasteiger partial charge in [-0.2, -0.15) is 0 Å². The number of nitrogens with zero attached hydrogens (tertiary/aromatic N) is 3. The number of hydrogen-bond acceptors (Lipinski definition) is 5. The van der Waals surface area contributed by atoms with Gasteiger partial charge in [0.15, 0.2) is 0 Å². The highest BCUT2D eigenvalue weighted by Gasteiger charge is 2.11. The van der Waals surface area contributed by atoms with E-state index in [2.05, 4.69) is 10.0 Å². The third-order valence-electron chi connectivity index (χ3n) is 2.22. The highest BCUT2D eigenvalue weighted by atomic mass is 32.1. The Morgan fingerprint density at radius 2 is 2.44 bits per heavy atom. The first-order valence-corrected chi connectivity index (χ1v) is 6.43. The van der Waals surface area contributed by atoms with Gasteiger partial charge in [0.25, 0.3) is 0 Å². The van der Waals surface area contributed by atoms with Crippen LogP contribution in [0.1, 0.15) is 27.9 Å². The molecule has 0 spiro atoms. The lowest BCUT2D eigenvalue weighted by Gasteiger charge is -2.04. The number of aliphatic hydroxyl groups is 1. The normalized spacial score (nSPS) is 11.7. The summed E-state index contributed by atoms with van der Waals surface area (Å²) >= 11 is 1.36. The second-order valence-corrected chi connectivity index (χ2v) is 4.76. The minimum absolute atomic E-state index is 0.0760. The third kappa shape index (κ3) is 4.75. The minimum Gasteiger partial charge on any atom is -0.462 e. The van der Waals surface area contributed by atoms with E-state index in [1.165, 1.54) is 11.3 Å². The van der Waals surface area contributed by atoms with Crippen molar-refractivity contribution in [2.75, 3.05) is 13.2 Å².